The molecule has 0 saturated heterocycles. The highest BCUT2D eigenvalue weighted by atomic mass is 16.7. The van der Waals surface area contributed by atoms with E-state index in [2.05, 4.69) is 13.2 Å². The van der Waals surface area contributed by atoms with Gasteiger partial charge in [-0.25, -0.2) is 0 Å². The smallest absolute Gasteiger partial charge is 0.204 e. The molecule has 0 radical (unpaired) electrons. The van der Waals surface area contributed by atoms with Crippen molar-refractivity contribution in [1.29, 1.82) is 0 Å². The van der Waals surface area contributed by atoms with E-state index >= 15 is 0 Å². The van der Waals surface area contributed by atoms with Gasteiger partial charge in [0.2, 0.25) is 12.6 Å². The highest BCUT2D eigenvalue weighted by Crippen LogP contribution is 2.68. The highest BCUT2D eigenvalue weighted by molar-refractivity contribution is 5.10. The van der Waals surface area contributed by atoms with Crippen molar-refractivity contribution in [2.24, 2.45) is 22.7 Å². The zero-order chi connectivity index (χ0) is 15.8. The molecule has 4 fully saturated rings. The number of hydrogen-bond acceptors (Lipinski definition) is 4. The van der Waals surface area contributed by atoms with Crippen LogP contribution in [-0.2, 0) is 18.9 Å². The van der Waals surface area contributed by atoms with Gasteiger partial charge in [0.25, 0.3) is 0 Å². The first-order chi connectivity index (χ1) is 10.6. The summed E-state index contributed by atoms with van der Waals surface area (Å²) < 4.78 is 22.9. The largest absolute Gasteiger partial charge is 0.473 e. The summed E-state index contributed by atoms with van der Waals surface area (Å²) in [5.74, 6) is 1.41. The average Bonchev–Trinajstić information content (AvgIpc) is 2.48. The molecule has 22 heavy (non-hydrogen) atoms. The van der Waals surface area contributed by atoms with Crippen LogP contribution in [0.3, 0.4) is 0 Å². The SMILES string of the molecule is C=COC(OC)C12CC3CC(C1)CC(C(OC)OC=C)(C3)C2. The molecule has 4 rings (SSSR count). The van der Waals surface area contributed by atoms with Crippen molar-refractivity contribution < 1.29 is 18.9 Å². The number of ether oxygens (including phenoxy) is 4. The minimum Gasteiger partial charge on any atom is -0.473 e. The lowest BCUT2D eigenvalue weighted by Crippen LogP contribution is -2.60. The van der Waals surface area contributed by atoms with Crippen LogP contribution in [0.1, 0.15) is 38.5 Å². The second-order valence-corrected chi connectivity index (χ2v) is 7.43. The summed E-state index contributed by atoms with van der Waals surface area (Å²) in [6, 6.07) is 0. The van der Waals surface area contributed by atoms with E-state index in [9.17, 15) is 0 Å². The van der Waals surface area contributed by atoms with Gasteiger partial charge in [-0.15, -0.1) is 0 Å². The monoisotopic (exact) mass is 308 g/mol. The zero-order valence-electron chi connectivity index (χ0n) is 13.8. The van der Waals surface area contributed by atoms with Crippen LogP contribution in [-0.4, -0.2) is 26.8 Å². The average molecular weight is 308 g/mol. The van der Waals surface area contributed by atoms with E-state index in [1.54, 1.807) is 14.2 Å². The molecule has 4 heteroatoms. The molecule has 2 atom stereocenters. The van der Waals surface area contributed by atoms with E-state index in [1.165, 1.54) is 44.6 Å². The Labute approximate surface area is 133 Å². The van der Waals surface area contributed by atoms with Crippen LogP contribution in [0.4, 0.5) is 0 Å². The molecule has 0 aromatic heterocycles. The third-order valence-corrected chi connectivity index (χ3v) is 6.02. The molecule has 2 unspecified atom stereocenters. The first-order valence-corrected chi connectivity index (χ1v) is 8.20. The summed E-state index contributed by atoms with van der Waals surface area (Å²) in [6.45, 7) is 7.42. The molecule has 0 aromatic carbocycles. The van der Waals surface area contributed by atoms with Gasteiger partial charge in [0.05, 0.1) is 12.5 Å². The Morgan fingerprint density at radius 2 is 1.27 bits per heavy atom. The lowest BCUT2D eigenvalue weighted by atomic mass is 9.43. The highest BCUT2D eigenvalue weighted by Gasteiger charge is 2.64. The third kappa shape index (κ3) is 2.37. The van der Waals surface area contributed by atoms with Crippen LogP contribution in [0.2, 0.25) is 0 Å². The molecule has 0 amide bonds. The maximum atomic E-state index is 5.73. The predicted octanol–water partition coefficient (Wildman–Crippen LogP) is 3.84. The van der Waals surface area contributed by atoms with Gasteiger partial charge >= 0.3 is 0 Å². The second kappa shape index (κ2) is 5.89. The summed E-state index contributed by atoms with van der Waals surface area (Å²) >= 11 is 0. The maximum absolute atomic E-state index is 5.73. The zero-order valence-corrected chi connectivity index (χ0v) is 13.8. The minimum absolute atomic E-state index is 0.0499. The van der Waals surface area contributed by atoms with Gasteiger partial charge in [-0.1, -0.05) is 13.2 Å². The molecule has 0 aromatic rings. The second-order valence-electron chi connectivity index (χ2n) is 7.43. The lowest BCUT2D eigenvalue weighted by Gasteiger charge is -2.63. The fourth-order valence-corrected chi connectivity index (χ4v) is 6.03. The number of hydrogen-bond donors (Lipinski definition) is 0. The van der Waals surface area contributed by atoms with E-state index in [1.807, 2.05) is 0 Å². The quantitative estimate of drug-likeness (QED) is 0.504. The Kier molecular flexibility index (Phi) is 4.25. The lowest BCUT2D eigenvalue weighted by molar-refractivity contribution is -0.282. The Balaban J connectivity index is 1.92. The first-order valence-electron chi connectivity index (χ1n) is 8.20. The van der Waals surface area contributed by atoms with Crippen LogP contribution < -0.4 is 0 Å². The molecule has 4 nitrogen and oxygen atoms in total. The molecule has 0 spiro atoms. The van der Waals surface area contributed by atoms with Crippen molar-refractivity contribution in [2.45, 2.75) is 51.1 Å². The van der Waals surface area contributed by atoms with Crippen LogP contribution in [0.5, 0.6) is 0 Å². The Bertz CT molecular complexity index is 383. The fourth-order valence-electron chi connectivity index (χ4n) is 6.03. The first kappa shape index (κ1) is 15.9. The van der Waals surface area contributed by atoms with Gasteiger partial charge in [0.15, 0.2) is 0 Å². The molecule has 4 aliphatic rings. The van der Waals surface area contributed by atoms with Gasteiger partial charge in [0.1, 0.15) is 0 Å². The summed E-state index contributed by atoms with van der Waals surface area (Å²) in [5, 5.41) is 0. The van der Waals surface area contributed by atoms with Crippen molar-refractivity contribution in [3.05, 3.63) is 25.7 Å². The third-order valence-electron chi connectivity index (χ3n) is 6.02. The topological polar surface area (TPSA) is 36.9 Å². The normalized spacial score (nSPS) is 41.7. The standard InChI is InChI=1S/C18H28O4/c1-5-21-15(19-3)17-8-13-7-14(9-17)11-18(10-13,12-17)16(20-4)22-6-2/h5-6,13-16H,1-2,7-12H2,3-4H3. The summed E-state index contributed by atoms with van der Waals surface area (Å²) in [7, 11) is 3.46. The summed E-state index contributed by atoms with van der Waals surface area (Å²) in [6.07, 6.45) is 9.58. The van der Waals surface area contributed by atoms with Gasteiger partial charge in [-0.05, 0) is 50.4 Å². The predicted molar refractivity (Wildman–Crippen MR) is 83.7 cm³/mol. The molecular weight excluding hydrogens is 280 g/mol. The molecular formula is C18H28O4. The minimum atomic E-state index is -0.225. The van der Waals surface area contributed by atoms with Gasteiger partial charge in [0, 0.05) is 25.0 Å². The Hall–Kier alpha value is -1.00. The van der Waals surface area contributed by atoms with Crippen molar-refractivity contribution in [1.82, 2.24) is 0 Å². The van der Waals surface area contributed by atoms with Gasteiger partial charge in [-0.2, -0.15) is 0 Å². The van der Waals surface area contributed by atoms with Crippen LogP contribution >= 0.6 is 0 Å². The van der Waals surface area contributed by atoms with E-state index < -0.39 is 0 Å². The molecule has 0 aliphatic heterocycles. The van der Waals surface area contributed by atoms with Crippen LogP contribution in [0.25, 0.3) is 0 Å². The number of methoxy groups -OCH3 is 2. The molecule has 4 saturated carbocycles. The summed E-state index contributed by atoms with van der Waals surface area (Å²) in [5.41, 5.74) is 0.0999. The maximum Gasteiger partial charge on any atom is 0.204 e. The molecule has 0 heterocycles. The van der Waals surface area contributed by atoms with Crippen molar-refractivity contribution >= 4 is 0 Å². The molecule has 0 N–H and O–H groups in total. The fraction of sp³-hybridized carbons (Fsp3) is 0.778. The molecule has 124 valence electrons. The van der Waals surface area contributed by atoms with Crippen molar-refractivity contribution in [3.63, 3.8) is 0 Å². The molecule has 4 bridgehead atoms. The number of rotatable bonds is 8. The Morgan fingerprint density at radius 3 is 1.59 bits per heavy atom. The van der Waals surface area contributed by atoms with Crippen LogP contribution in [0, 0.1) is 22.7 Å². The van der Waals surface area contributed by atoms with Gasteiger partial charge in [-0.3, -0.25) is 0 Å². The molecule has 4 aliphatic carbocycles. The Morgan fingerprint density at radius 1 is 0.864 bits per heavy atom. The van der Waals surface area contributed by atoms with Gasteiger partial charge < -0.3 is 18.9 Å². The van der Waals surface area contributed by atoms with E-state index in [4.69, 9.17) is 18.9 Å². The van der Waals surface area contributed by atoms with Crippen molar-refractivity contribution in [2.75, 3.05) is 14.2 Å². The van der Waals surface area contributed by atoms with Crippen LogP contribution in [0.15, 0.2) is 25.7 Å². The van der Waals surface area contributed by atoms with Crippen molar-refractivity contribution in [3.8, 4) is 0 Å². The van der Waals surface area contributed by atoms with E-state index in [0.29, 0.717) is 11.8 Å². The van der Waals surface area contributed by atoms with E-state index in [0.717, 1.165) is 6.42 Å². The summed E-state index contributed by atoms with van der Waals surface area (Å²) in [4.78, 5) is 0. The van der Waals surface area contributed by atoms with E-state index in [-0.39, 0.29) is 23.4 Å².